The summed E-state index contributed by atoms with van der Waals surface area (Å²) in [5, 5.41) is 15.3. The molecule has 3 aromatic rings. The minimum Gasteiger partial charge on any atom is -0.478 e. The van der Waals surface area contributed by atoms with Gasteiger partial charge in [-0.25, -0.2) is 19.4 Å². The third-order valence-corrected chi connectivity index (χ3v) is 3.83. The maximum absolute atomic E-state index is 12.8. The number of anilines is 1. The van der Waals surface area contributed by atoms with Crippen molar-refractivity contribution in [1.29, 1.82) is 0 Å². The van der Waals surface area contributed by atoms with Crippen molar-refractivity contribution >= 4 is 23.9 Å². The highest BCUT2D eigenvalue weighted by molar-refractivity contribution is 5.90. The Morgan fingerprint density at radius 3 is 2.54 bits per heavy atom. The van der Waals surface area contributed by atoms with Gasteiger partial charge in [-0.3, -0.25) is 0 Å². The number of nitrogens with one attached hydrogen (secondary N) is 2. The first-order chi connectivity index (χ1) is 13.4. The molecule has 0 unspecified atom stereocenters. The molecule has 0 fully saturated rings. The molecule has 142 valence electrons. The number of aromatic carboxylic acids is 1. The van der Waals surface area contributed by atoms with Crippen molar-refractivity contribution in [2.24, 2.45) is 5.10 Å². The van der Waals surface area contributed by atoms with Gasteiger partial charge in [0.25, 0.3) is 0 Å². The summed E-state index contributed by atoms with van der Waals surface area (Å²) in [5.74, 6) is -0.442. The fourth-order valence-corrected chi connectivity index (χ4v) is 2.49. The van der Waals surface area contributed by atoms with Crippen LogP contribution in [-0.4, -0.2) is 23.3 Å². The van der Waals surface area contributed by atoms with E-state index in [1.807, 2.05) is 0 Å². The largest absolute Gasteiger partial charge is 0.478 e. The van der Waals surface area contributed by atoms with Crippen molar-refractivity contribution in [3.05, 3.63) is 77.3 Å². The first-order valence-electron chi connectivity index (χ1n) is 8.22. The van der Waals surface area contributed by atoms with Crippen LogP contribution in [0.15, 0.2) is 64.1 Å². The van der Waals surface area contributed by atoms with Crippen molar-refractivity contribution in [1.82, 2.24) is 5.43 Å². The zero-order valence-electron chi connectivity index (χ0n) is 14.8. The van der Waals surface area contributed by atoms with E-state index in [0.717, 1.165) is 11.1 Å². The van der Waals surface area contributed by atoms with Crippen molar-refractivity contribution in [2.45, 2.75) is 6.92 Å². The van der Waals surface area contributed by atoms with E-state index >= 15 is 0 Å². The molecule has 8 heteroatoms. The summed E-state index contributed by atoms with van der Waals surface area (Å²) in [5.41, 5.74) is 4.42. The summed E-state index contributed by atoms with van der Waals surface area (Å²) in [6.45, 7) is 1.79. The van der Waals surface area contributed by atoms with E-state index < -0.39 is 17.8 Å². The van der Waals surface area contributed by atoms with Crippen LogP contribution in [0.1, 0.15) is 21.7 Å². The SMILES string of the molecule is Cc1cc(C(=O)O)ccc1-c1ccc(/C=N/NC(=O)Nc2ccc(F)cc2)o1. The van der Waals surface area contributed by atoms with Crippen LogP contribution in [0, 0.1) is 12.7 Å². The Kier molecular flexibility index (Phi) is 5.50. The van der Waals surface area contributed by atoms with Crippen molar-refractivity contribution in [3.63, 3.8) is 0 Å². The van der Waals surface area contributed by atoms with Gasteiger partial charge in [-0.15, -0.1) is 0 Å². The number of carbonyl (C=O) groups excluding carboxylic acids is 1. The number of carbonyl (C=O) groups is 2. The zero-order valence-corrected chi connectivity index (χ0v) is 14.8. The molecular formula is C20H16FN3O4. The lowest BCUT2D eigenvalue weighted by atomic mass is 10.0. The van der Waals surface area contributed by atoms with E-state index in [-0.39, 0.29) is 5.56 Å². The predicted molar refractivity (Wildman–Crippen MR) is 102 cm³/mol. The minimum atomic E-state index is -0.994. The molecule has 1 aromatic heterocycles. The van der Waals surface area contributed by atoms with Crippen LogP contribution in [0.25, 0.3) is 11.3 Å². The Bertz CT molecular complexity index is 1040. The molecule has 0 aliphatic carbocycles. The third kappa shape index (κ3) is 4.61. The van der Waals surface area contributed by atoms with E-state index in [1.165, 1.54) is 36.5 Å². The topological polar surface area (TPSA) is 104 Å². The normalized spacial score (nSPS) is 10.8. The molecule has 2 aromatic carbocycles. The number of carboxylic acids is 1. The summed E-state index contributed by atoms with van der Waals surface area (Å²) < 4.78 is 18.5. The molecule has 0 saturated carbocycles. The molecule has 0 aliphatic rings. The van der Waals surface area contributed by atoms with Crippen LogP contribution in [-0.2, 0) is 0 Å². The summed E-state index contributed by atoms with van der Waals surface area (Å²) in [7, 11) is 0. The molecule has 0 aliphatic heterocycles. The molecule has 2 amide bonds. The molecule has 3 rings (SSSR count). The number of urea groups is 1. The van der Waals surface area contributed by atoms with Gasteiger partial charge in [-0.05, 0) is 61.0 Å². The smallest absolute Gasteiger partial charge is 0.339 e. The van der Waals surface area contributed by atoms with E-state index in [1.54, 1.807) is 31.2 Å². The number of amides is 2. The lowest BCUT2D eigenvalue weighted by molar-refractivity contribution is 0.0696. The van der Waals surface area contributed by atoms with E-state index in [9.17, 15) is 14.0 Å². The number of halogens is 1. The van der Waals surface area contributed by atoms with Gasteiger partial charge in [0, 0.05) is 11.3 Å². The summed E-state index contributed by atoms with van der Waals surface area (Å²) in [6.07, 6.45) is 1.33. The van der Waals surface area contributed by atoms with Crippen LogP contribution in [0.5, 0.6) is 0 Å². The van der Waals surface area contributed by atoms with Crippen molar-refractivity contribution in [3.8, 4) is 11.3 Å². The Morgan fingerprint density at radius 1 is 1.11 bits per heavy atom. The summed E-state index contributed by atoms with van der Waals surface area (Å²) in [6, 6.07) is 12.9. The predicted octanol–water partition coefficient (Wildman–Crippen LogP) is 4.25. The van der Waals surface area contributed by atoms with Crippen LogP contribution >= 0.6 is 0 Å². The van der Waals surface area contributed by atoms with Crippen LogP contribution < -0.4 is 10.7 Å². The average molecular weight is 381 g/mol. The van der Waals surface area contributed by atoms with Crippen LogP contribution in [0.4, 0.5) is 14.9 Å². The number of carboxylic acid groups (broad SMARTS) is 1. The first-order valence-corrected chi connectivity index (χ1v) is 8.22. The highest BCUT2D eigenvalue weighted by atomic mass is 19.1. The van der Waals surface area contributed by atoms with Gasteiger partial charge in [-0.2, -0.15) is 5.10 Å². The quantitative estimate of drug-likeness (QED) is 0.454. The van der Waals surface area contributed by atoms with Crippen molar-refractivity contribution in [2.75, 3.05) is 5.32 Å². The number of benzene rings is 2. The van der Waals surface area contributed by atoms with Gasteiger partial charge in [0.15, 0.2) is 0 Å². The van der Waals surface area contributed by atoms with Crippen LogP contribution in [0.3, 0.4) is 0 Å². The number of hydrogen-bond donors (Lipinski definition) is 3. The molecule has 0 bridgehead atoms. The Labute approximate surface area is 159 Å². The fourth-order valence-electron chi connectivity index (χ4n) is 2.49. The second kappa shape index (κ2) is 8.17. The molecule has 0 radical (unpaired) electrons. The number of hydrazone groups is 1. The Balaban J connectivity index is 1.62. The number of hydrogen-bond acceptors (Lipinski definition) is 4. The van der Waals surface area contributed by atoms with Gasteiger partial charge >= 0.3 is 12.0 Å². The minimum absolute atomic E-state index is 0.200. The maximum atomic E-state index is 12.8. The third-order valence-electron chi connectivity index (χ3n) is 3.83. The molecule has 0 spiro atoms. The molecular weight excluding hydrogens is 365 g/mol. The van der Waals surface area contributed by atoms with Gasteiger partial charge in [0.1, 0.15) is 17.3 Å². The second-order valence-corrected chi connectivity index (χ2v) is 5.87. The molecule has 28 heavy (non-hydrogen) atoms. The molecule has 1 heterocycles. The Hall–Kier alpha value is -3.94. The van der Waals surface area contributed by atoms with Crippen molar-refractivity contribution < 1.29 is 23.5 Å². The lowest BCUT2D eigenvalue weighted by Gasteiger charge is -2.04. The summed E-state index contributed by atoms with van der Waals surface area (Å²) >= 11 is 0. The van der Waals surface area contributed by atoms with Crippen LogP contribution in [0.2, 0.25) is 0 Å². The monoisotopic (exact) mass is 381 g/mol. The summed E-state index contributed by atoms with van der Waals surface area (Å²) in [4.78, 5) is 22.7. The van der Waals surface area contributed by atoms with Gasteiger partial charge in [-0.1, -0.05) is 6.07 Å². The maximum Gasteiger partial charge on any atom is 0.339 e. The van der Waals surface area contributed by atoms with Gasteiger partial charge in [0.05, 0.1) is 11.8 Å². The average Bonchev–Trinajstić information content (AvgIpc) is 3.12. The standard InChI is InChI=1S/C20H16FN3O4/c1-12-10-13(19(25)26)2-8-17(12)18-9-7-16(28-18)11-22-24-20(27)23-15-5-3-14(21)4-6-15/h2-11H,1H3,(H,25,26)(H2,23,24,27)/b22-11+. The Morgan fingerprint density at radius 2 is 1.86 bits per heavy atom. The number of furan rings is 1. The highest BCUT2D eigenvalue weighted by Gasteiger charge is 2.10. The lowest BCUT2D eigenvalue weighted by Crippen LogP contribution is -2.24. The van der Waals surface area contributed by atoms with E-state index in [2.05, 4.69) is 15.8 Å². The first kappa shape index (κ1) is 18.8. The highest BCUT2D eigenvalue weighted by Crippen LogP contribution is 2.26. The van der Waals surface area contributed by atoms with E-state index in [4.69, 9.17) is 9.52 Å². The molecule has 0 atom stereocenters. The fraction of sp³-hybridized carbons (Fsp3) is 0.0500. The van der Waals surface area contributed by atoms with E-state index in [0.29, 0.717) is 17.2 Å². The zero-order chi connectivity index (χ0) is 20.1. The number of aryl methyl sites for hydroxylation is 1. The molecule has 0 saturated heterocycles. The van der Waals surface area contributed by atoms with Gasteiger partial charge < -0.3 is 14.8 Å². The number of rotatable bonds is 5. The number of nitrogens with zero attached hydrogens (tertiary/aromatic N) is 1. The molecule has 3 N–H and O–H groups in total. The van der Waals surface area contributed by atoms with Gasteiger partial charge in [0.2, 0.25) is 0 Å². The molecule has 7 nitrogen and oxygen atoms in total. The second-order valence-electron chi connectivity index (χ2n) is 5.87.